The Labute approximate surface area is 147 Å². The van der Waals surface area contributed by atoms with Crippen molar-refractivity contribution in [2.24, 2.45) is 0 Å². The molecule has 0 amide bonds. The number of phenolic OH excluding ortho intramolecular Hbond substituents is 1. The Morgan fingerprint density at radius 3 is 2.83 bits per heavy atom. The molecule has 24 heavy (non-hydrogen) atoms. The molecule has 0 fully saturated rings. The van der Waals surface area contributed by atoms with E-state index >= 15 is 0 Å². The summed E-state index contributed by atoms with van der Waals surface area (Å²) in [6.45, 7) is 4.09. The Morgan fingerprint density at radius 2 is 2.21 bits per heavy atom. The maximum absolute atomic E-state index is 11.1. The van der Waals surface area contributed by atoms with Gasteiger partial charge in [-0.05, 0) is 18.2 Å². The van der Waals surface area contributed by atoms with Gasteiger partial charge in [0, 0.05) is 16.9 Å². The predicted molar refractivity (Wildman–Crippen MR) is 96.6 cm³/mol. The first kappa shape index (κ1) is 16.5. The first-order valence-corrected chi connectivity index (χ1v) is 8.50. The van der Waals surface area contributed by atoms with Gasteiger partial charge in [0.1, 0.15) is 17.6 Å². The van der Waals surface area contributed by atoms with Gasteiger partial charge in [0.25, 0.3) is 0 Å². The van der Waals surface area contributed by atoms with Crippen LogP contribution in [0.25, 0.3) is 16.5 Å². The summed E-state index contributed by atoms with van der Waals surface area (Å²) in [6.07, 6.45) is 2.02. The van der Waals surface area contributed by atoms with Crippen LogP contribution < -0.4 is 5.73 Å². The smallest absolute Gasteiger partial charge is 0.160 e. The second-order valence-corrected chi connectivity index (χ2v) is 6.83. The minimum absolute atomic E-state index is 0.0834. The number of allylic oxidation sites excluding steroid dienone is 1. The molecule has 0 saturated heterocycles. The zero-order valence-corrected chi connectivity index (χ0v) is 14.6. The normalized spacial score (nSPS) is 12.2. The zero-order chi connectivity index (χ0) is 17.4. The van der Waals surface area contributed by atoms with Crippen LogP contribution in [0.1, 0.15) is 36.2 Å². The van der Waals surface area contributed by atoms with Crippen LogP contribution in [0.4, 0.5) is 5.69 Å². The van der Waals surface area contributed by atoms with Crippen molar-refractivity contribution in [3.05, 3.63) is 45.1 Å². The fraction of sp³-hybridized carbons (Fsp3) is 0.176. The third kappa shape index (κ3) is 2.68. The molecule has 0 unspecified atom stereocenters. The van der Waals surface area contributed by atoms with Gasteiger partial charge in [0.15, 0.2) is 5.76 Å². The van der Waals surface area contributed by atoms with Gasteiger partial charge in [-0.2, -0.15) is 0 Å². The third-order valence-corrected chi connectivity index (χ3v) is 5.11. The van der Waals surface area contributed by atoms with Crippen molar-refractivity contribution in [2.45, 2.75) is 19.8 Å². The number of phenols is 1. The fourth-order valence-corrected chi connectivity index (χ4v) is 3.48. The van der Waals surface area contributed by atoms with Crippen LogP contribution in [0.5, 0.6) is 5.75 Å². The van der Waals surface area contributed by atoms with Gasteiger partial charge in [0.2, 0.25) is 0 Å². The van der Waals surface area contributed by atoms with E-state index in [4.69, 9.17) is 21.8 Å². The van der Waals surface area contributed by atoms with E-state index in [1.165, 1.54) is 23.5 Å². The van der Waals surface area contributed by atoms with E-state index in [-0.39, 0.29) is 22.4 Å². The lowest BCUT2D eigenvalue weighted by Gasteiger charge is -2.02. The molecule has 2 aromatic heterocycles. The molecule has 0 saturated carbocycles. The zero-order valence-electron chi connectivity index (χ0n) is 13.0. The molecule has 0 aliphatic carbocycles. The average Bonchev–Trinajstić information content (AvgIpc) is 3.15. The van der Waals surface area contributed by atoms with E-state index in [1.807, 2.05) is 19.2 Å². The Bertz CT molecular complexity index is 956. The molecule has 0 aliphatic rings. The number of anilines is 1. The largest absolute Gasteiger partial charge is 0.506 e. The maximum atomic E-state index is 11.1. The Morgan fingerprint density at radius 1 is 1.46 bits per heavy atom. The summed E-state index contributed by atoms with van der Waals surface area (Å²) in [5.41, 5.74) is 7.96. The molecule has 124 valence electrons. The summed E-state index contributed by atoms with van der Waals surface area (Å²) in [6, 6.07) is 3.01. The van der Waals surface area contributed by atoms with Gasteiger partial charge < -0.3 is 15.3 Å². The van der Waals surface area contributed by atoms with Gasteiger partial charge in [-0.3, -0.25) is 4.79 Å². The number of nitrogens with two attached hydrogens (primary N) is 1. The second kappa shape index (κ2) is 6.30. The summed E-state index contributed by atoms with van der Waals surface area (Å²) in [5.74, 6) is 0.505. The number of nitrogens with zero attached hydrogens (tertiary/aromatic N) is 1. The number of aromatic hydroxyl groups is 1. The minimum atomic E-state index is -0.0834. The van der Waals surface area contributed by atoms with Crippen molar-refractivity contribution in [2.75, 3.05) is 5.73 Å². The highest BCUT2D eigenvalue weighted by atomic mass is 35.5. The molecule has 3 aromatic rings. The maximum Gasteiger partial charge on any atom is 0.160 e. The molecular formula is C17H15ClN2O3S. The van der Waals surface area contributed by atoms with E-state index in [9.17, 15) is 9.90 Å². The molecule has 0 bridgehead atoms. The molecule has 0 atom stereocenters. The highest BCUT2D eigenvalue weighted by Gasteiger charge is 2.22. The van der Waals surface area contributed by atoms with E-state index in [2.05, 4.69) is 4.98 Å². The van der Waals surface area contributed by atoms with Gasteiger partial charge in [-0.1, -0.05) is 25.4 Å². The number of nitrogen functional groups attached to an aromatic ring is 1. The van der Waals surface area contributed by atoms with Crippen molar-refractivity contribution in [3.63, 3.8) is 0 Å². The SMILES string of the molecule is CC(C)c1nc(C(=CC=O)c2oc3ccc(O)c(Cl)c3c2N)cs1. The van der Waals surface area contributed by atoms with Crippen LogP contribution in [0.2, 0.25) is 5.02 Å². The Hall–Kier alpha value is -2.31. The number of halogens is 1. The number of fused-ring (bicyclic) bond motifs is 1. The highest BCUT2D eigenvalue weighted by Crippen LogP contribution is 2.42. The van der Waals surface area contributed by atoms with Crippen LogP contribution >= 0.6 is 22.9 Å². The van der Waals surface area contributed by atoms with E-state index < -0.39 is 0 Å². The summed E-state index contributed by atoms with van der Waals surface area (Å²) in [5, 5.41) is 13.1. The molecule has 5 nitrogen and oxygen atoms in total. The van der Waals surface area contributed by atoms with Crippen molar-refractivity contribution in [3.8, 4) is 5.75 Å². The van der Waals surface area contributed by atoms with Crippen LogP contribution in [-0.2, 0) is 4.79 Å². The van der Waals surface area contributed by atoms with E-state index in [1.54, 1.807) is 6.07 Å². The molecule has 2 heterocycles. The number of carbonyl (C=O) groups is 1. The number of furan rings is 1. The van der Waals surface area contributed by atoms with Gasteiger partial charge in [-0.15, -0.1) is 11.3 Å². The lowest BCUT2D eigenvalue weighted by molar-refractivity contribution is -0.104. The standard InChI is InChI=1S/C17H15ClN2O3S/c1-8(2)17-20-10(7-24-17)9(5-6-21)16-15(19)13-12(23-16)4-3-11(22)14(13)18/h3-8,22H,19H2,1-2H3. The summed E-state index contributed by atoms with van der Waals surface area (Å²) >= 11 is 7.63. The predicted octanol–water partition coefficient (Wildman–Crippen LogP) is 4.58. The number of thiazole rings is 1. The molecule has 0 radical (unpaired) electrons. The van der Waals surface area contributed by atoms with Crippen molar-refractivity contribution >= 4 is 51.5 Å². The fourth-order valence-electron chi connectivity index (χ4n) is 2.38. The van der Waals surface area contributed by atoms with Crippen molar-refractivity contribution in [1.82, 2.24) is 4.98 Å². The molecule has 0 spiro atoms. The minimum Gasteiger partial charge on any atom is -0.506 e. The lowest BCUT2D eigenvalue weighted by Crippen LogP contribution is -1.94. The molecule has 3 N–H and O–H groups in total. The molecule has 0 aliphatic heterocycles. The first-order valence-electron chi connectivity index (χ1n) is 7.25. The summed E-state index contributed by atoms with van der Waals surface area (Å²) in [7, 11) is 0. The number of aldehydes is 1. The molecule has 3 rings (SSSR count). The van der Waals surface area contributed by atoms with E-state index in [0.29, 0.717) is 34.3 Å². The number of benzene rings is 1. The third-order valence-electron chi connectivity index (χ3n) is 3.58. The summed E-state index contributed by atoms with van der Waals surface area (Å²) in [4.78, 5) is 15.7. The number of aromatic nitrogens is 1. The van der Waals surface area contributed by atoms with Gasteiger partial charge in [0.05, 0.1) is 26.8 Å². The van der Waals surface area contributed by atoms with Crippen LogP contribution in [0.3, 0.4) is 0 Å². The Kier molecular flexibility index (Phi) is 4.34. The topological polar surface area (TPSA) is 89.3 Å². The van der Waals surface area contributed by atoms with Crippen LogP contribution in [0, 0.1) is 0 Å². The number of rotatable bonds is 4. The average molecular weight is 363 g/mol. The number of hydrogen-bond acceptors (Lipinski definition) is 6. The van der Waals surface area contributed by atoms with Gasteiger partial charge >= 0.3 is 0 Å². The second-order valence-electron chi connectivity index (χ2n) is 5.56. The lowest BCUT2D eigenvalue weighted by atomic mass is 10.1. The van der Waals surface area contributed by atoms with Crippen molar-refractivity contribution in [1.29, 1.82) is 0 Å². The molecule has 7 heteroatoms. The number of hydrogen-bond donors (Lipinski definition) is 2. The number of carbonyl (C=O) groups excluding carboxylic acids is 1. The van der Waals surface area contributed by atoms with Crippen LogP contribution in [0.15, 0.2) is 28.0 Å². The summed E-state index contributed by atoms with van der Waals surface area (Å²) < 4.78 is 5.79. The Balaban J connectivity index is 2.21. The first-order chi connectivity index (χ1) is 11.4. The van der Waals surface area contributed by atoms with Crippen molar-refractivity contribution < 1.29 is 14.3 Å². The molecule has 1 aromatic carbocycles. The van der Waals surface area contributed by atoms with Gasteiger partial charge in [-0.25, -0.2) is 4.98 Å². The monoisotopic (exact) mass is 362 g/mol. The quantitative estimate of drug-likeness (QED) is 0.523. The van der Waals surface area contributed by atoms with E-state index in [0.717, 1.165) is 5.01 Å². The van der Waals surface area contributed by atoms with Crippen LogP contribution in [-0.4, -0.2) is 16.4 Å². The highest BCUT2D eigenvalue weighted by molar-refractivity contribution is 7.09. The molecular weight excluding hydrogens is 348 g/mol.